The number of nitrogens with zero attached hydrogens (tertiary/aromatic N) is 3. The van der Waals surface area contributed by atoms with Crippen LogP contribution in [0.1, 0.15) is 20.8 Å². The molecule has 2 heterocycles. The van der Waals surface area contributed by atoms with Gasteiger partial charge in [-0.3, -0.25) is 14.8 Å². The van der Waals surface area contributed by atoms with Crippen LogP contribution < -0.4 is 0 Å². The molecule has 6 heteroatoms. The number of esters is 1. The van der Waals surface area contributed by atoms with Crippen LogP contribution in [-0.4, -0.2) is 33.3 Å². The van der Waals surface area contributed by atoms with E-state index in [1.807, 2.05) is 6.07 Å². The molecule has 0 amide bonds. The van der Waals surface area contributed by atoms with Crippen LogP contribution >= 0.6 is 0 Å². The number of para-hydroxylation sites is 2. The van der Waals surface area contributed by atoms with Gasteiger partial charge in [-0.15, -0.1) is 0 Å². The van der Waals surface area contributed by atoms with Gasteiger partial charge in [0.2, 0.25) is 0 Å². The smallest absolute Gasteiger partial charge is 0.359 e. The molecule has 0 fully saturated rings. The maximum atomic E-state index is 11.9. The quantitative estimate of drug-likeness (QED) is 0.541. The Bertz CT molecular complexity index is 834. The first-order valence-electron chi connectivity index (χ1n) is 6.56. The van der Waals surface area contributed by atoms with Crippen LogP contribution in [0.5, 0.6) is 0 Å². The SMILES string of the molecule is O=C(COC(=O)c1cnc2ccccc2n1)c1ccncc1. The lowest BCUT2D eigenvalue weighted by molar-refractivity contribution is 0.0469. The summed E-state index contributed by atoms with van der Waals surface area (Å²) in [6.07, 6.45) is 4.34. The number of carbonyl (C=O) groups is 2. The zero-order valence-corrected chi connectivity index (χ0v) is 11.5. The number of ketones is 1. The van der Waals surface area contributed by atoms with Crippen LogP contribution in [0.4, 0.5) is 0 Å². The monoisotopic (exact) mass is 293 g/mol. The van der Waals surface area contributed by atoms with E-state index in [2.05, 4.69) is 15.0 Å². The number of fused-ring (bicyclic) bond motifs is 1. The Balaban J connectivity index is 1.69. The predicted molar refractivity (Wildman–Crippen MR) is 78.4 cm³/mol. The highest BCUT2D eigenvalue weighted by molar-refractivity contribution is 5.99. The minimum Gasteiger partial charge on any atom is -0.453 e. The van der Waals surface area contributed by atoms with Crippen LogP contribution in [0.25, 0.3) is 11.0 Å². The van der Waals surface area contributed by atoms with E-state index in [-0.39, 0.29) is 18.1 Å². The molecule has 1 aromatic carbocycles. The van der Waals surface area contributed by atoms with Gasteiger partial charge in [0.1, 0.15) is 0 Å². The fourth-order valence-corrected chi connectivity index (χ4v) is 1.88. The molecule has 22 heavy (non-hydrogen) atoms. The lowest BCUT2D eigenvalue weighted by Crippen LogP contribution is -2.15. The van der Waals surface area contributed by atoms with E-state index in [1.165, 1.54) is 18.6 Å². The number of carbonyl (C=O) groups excluding carboxylic acids is 2. The van der Waals surface area contributed by atoms with Gasteiger partial charge >= 0.3 is 5.97 Å². The summed E-state index contributed by atoms with van der Waals surface area (Å²) in [5.74, 6) is -0.981. The molecule has 0 aliphatic rings. The lowest BCUT2D eigenvalue weighted by Gasteiger charge is -2.04. The van der Waals surface area contributed by atoms with Gasteiger partial charge < -0.3 is 4.74 Å². The first kappa shape index (κ1) is 13.8. The maximum Gasteiger partial charge on any atom is 0.359 e. The number of benzene rings is 1. The molecule has 0 aliphatic heterocycles. The third kappa shape index (κ3) is 2.95. The minimum absolute atomic E-state index is 0.0706. The average Bonchev–Trinajstić information content (AvgIpc) is 2.59. The van der Waals surface area contributed by atoms with Gasteiger partial charge in [0.15, 0.2) is 18.1 Å². The summed E-state index contributed by atoms with van der Waals surface area (Å²) < 4.78 is 4.98. The Labute approximate surface area is 125 Å². The van der Waals surface area contributed by atoms with Crippen LogP contribution in [0.3, 0.4) is 0 Å². The number of Topliss-reactive ketones (excluding diaryl/α,β-unsaturated/α-hetero) is 1. The largest absolute Gasteiger partial charge is 0.453 e. The van der Waals surface area contributed by atoms with Crippen LogP contribution in [0.2, 0.25) is 0 Å². The van der Waals surface area contributed by atoms with Gasteiger partial charge in [0.25, 0.3) is 0 Å². The highest BCUT2D eigenvalue weighted by atomic mass is 16.5. The molecule has 0 saturated heterocycles. The van der Waals surface area contributed by atoms with Crippen molar-refractivity contribution in [3.05, 3.63) is 66.2 Å². The third-order valence-electron chi connectivity index (χ3n) is 2.99. The number of aromatic nitrogens is 3. The average molecular weight is 293 g/mol. The minimum atomic E-state index is -0.680. The summed E-state index contributed by atoms with van der Waals surface area (Å²) >= 11 is 0. The van der Waals surface area contributed by atoms with E-state index in [0.29, 0.717) is 16.6 Å². The van der Waals surface area contributed by atoms with Crippen molar-refractivity contribution < 1.29 is 14.3 Å². The topological polar surface area (TPSA) is 82.0 Å². The third-order valence-corrected chi connectivity index (χ3v) is 2.99. The summed E-state index contributed by atoms with van der Waals surface area (Å²) in [6, 6.07) is 10.3. The molecular formula is C16H11N3O3. The molecule has 3 aromatic rings. The van der Waals surface area contributed by atoms with Crippen LogP contribution in [0.15, 0.2) is 55.0 Å². The number of ether oxygens (including phenoxy) is 1. The first-order valence-corrected chi connectivity index (χ1v) is 6.56. The van der Waals surface area contributed by atoms with Crippen molar-refractivity contribution in [1.82, 2.24) is 15.0 Å². The Kier molecular flexibility index (Phi) is 3.82. The molecule has 0 N–H and O–H groups in total. The summed E-state index contributed by atoms with van der Waals surface area (Å²) in [7, 11) is 0. The van der Waals surface area contributed by atoms with E-state index < -0.39 is 5.97 Å². The second kappa shape index (κ2) is 6.09. The van der Waals surface area contributed by atoms with Crippen LogP contribution in [-0.2, 0) is 4.74 Å². The molecule has 2 aromatic heterocycles. The van der Waals surface area contributed by atoms with Crippen molar-refractivity contribution in [2.24, 2.45) is 0 Å². The van der Waals surface area contributed by atoms with E-state index in [4.69, 9.17) is 4.74 Å². The van der Waals surface area contributed by atoms with Gasteiger partial charge in [0.05, 0.1) is 17.2 Å². The molecule has 3 rings (SSSR count). The summed E-state index contributed by atoms with van der Waals surface area (Å²) in [5.41, 5.74) is 1.79. The highest BCUT2D eigenvalue weighted by Crippen LogP contribution is 2.09. The Morgan fingerprint density at radius 3 is 2.50 bits per heavy atom. The molecule has 0 bridgehead atoms. The molecule has 6 nitrogen and oxygen atoms in total. The van der Waals surface area contributed by atoms with E-state index in [1.54, 1.807) is 30.3 Å². The Morgan fingerprint density at radius 2 is 1.73 bits per heavy atom. The highest BCUT2D eigenvalue weighted by Gasteiger charge is 2.13. The van der Waals surface area contributed by atoms with Crippen molar-refractivity contribution in [3.8, 4) is 0 Å². The zero-order valence-electron chi connectivity index (χ0n) is 11.5. The molecule has 0 spiro atoms. The second-order valence-corrected chi connectivity index (χ2v) is 4.48. The molecule has 0 aliphatic carbocycles. The van der Waals surface area contributed by atoms with Crippen molar-refractivity contribution in [2.45, 2.75) is 0 Å². The fourth-order valence-electron chi connectivity index (χ4n) is 1.88. The van der Waals surface area contributed by atoms with Crippen molar-refractivity contribution in [1.29, 1.82) is 0 Å². The fraction of sp³-hybridized carbons (Fsp3) is 0.0625. The number of pyridine rings is 1. The first-order chi connectivity index (χ1) is 10.7. The van der Waals surface area contributed by atoms with Crippen molar-refractivity contribution in [3.63, 3.8) is 0 Å². The van der Waals surface area contributed by atoms with Gasteiger partial charge in [0, 0.05) is 18.0 Å². The number of hydrogen-bond donors (Lipinski definition) is 0. The van der Waals surface area contributed by atoms with E-state index >= 15 is 0 Å². The number of hydrogen-bond acceptors (Lipinski definition) is 6. The van der Waals surface area contributed by atoms with Crippen LogP contribution in [0, 0.1) is 0 Å². The van der Waals surface area contributed by atoms with Gasteiger partial charge in [-0.25, -0.2) is 9.78 Å². The summed E-state index contributed by atoms with van der Waals surface area (Å²) in [5, 5.41) is 0. The Hall–Kier alpha value is -3.15. The standard InChI is InChI=1S/C16H11N3O3/c20-15(11-5-7-17-8-6-11)10-22-16(21)14-9-18-12-3-1-2-4-13(12)19-14/h1-9H,10H2. The summed E-state index contributed by atoms with van der Waals surface area (Å²) in [6.45, 7) is -0.350. The van der Waals surface area contributed by atoms with Gasteiger partial charge in [-0.2, -0.15) is 0 Å². The van der Waals surface area contributed by atoms with Crippen molar-refractivity contribution in [2.75, 3.05) is 6.61 Å². The normalized spacial score (nSPS) is 10.4. The van der Waals surface area contributed by atoms with E-state index in [9.17, 15) is 9.59 Å². The molecular weight excluding hydrogens is 282 g/mol. The van der Waals surface area contributed by atoms with Gasteiger partial charge in [-0.05, 0) is 24.3 Å². The molecule has 0 atom stereocenters. The molecule has 0 radical (unpaired) electrons. The lowest BCUT2D eigenvalue weighted by atomic mass is 10.2. The zero-order chi connectivity index (χ0) is 15.4. The van der Waals surface area contributed by atoms with Gasteiger partial charge in [-0.1, -0.05) is 12.1 Å². The Morgan fingerprint density at radius 1 is 1.00 bits per heavy atom. The molecule has 0 unspecified atom stereocenters. The van der Waals surface area contributed by atoms with Crippen molar-refractivity contribution >= 4 is 22.8 Å². The maximum absolute atomic E-state index is 11.9. The molecule has 0 saturated carbocycles. The summed E-state index contributed by atoms with van der Waals surface area (Å²) in [4.78, 5) is 35.9. The predicted octanol–water partition coefficient (Wildman–Crippen LogP) is 2.06. The van der Waals surface area contributed by atoms with E-state index in [0.717, 1.165) is 0 Å². The number of rotatable bonds is 4. The second-order valence-electron chi connectivity index (χ2n) is 4.48. The molecule has 108 valence electrons.